The standard InChI is InChI=1S/C18H31N3/c1-5-18(3,4)19-15-16(2)20-11-13-21(14-12-20)17-9-7-6-8-10-17/h6-10,16,19H,5,11-15H2,1-4H3. The Morgan fingerprint density at radius 2 is 1.71 bits per heavy atom. The molecule has 0 aromatic heterocycles. The number of piperazine rings is 1. The molecule has 2 rings (SSSR count). The largest absolute Gasteiger partial charge is 0.369 e. The Hall–Kier alpha value is -1.06. The van der Waals surface area contributed by atoms with Crippen LogP contribution in [0, 0.1) is 0 Å². The number of nitrogens with one attached hydrogen (secondary N) is 1. The fourth-order valence-electron chi connectivity index (χ4n) is 2.74. The molecule has 118 valence electrons. The second-order valence-electron chi connectivity index (χ2n) is 6.83. The fraction of sp³-hybridized carbons (Fsp3) is 0.667. The van der Waals surface area contributed by atoms with E-state index in [0.717, 1.165) is 32.7 Å². The van der Waals surface area contributed by atoms with Crippen LogP contribution in [0.4, 0.5) is 5.69 Å². The average molecular weight is 289 g/mol. The molecule has 1 aromatic rings. The van der Waals surface area contributed by atoms with Gasteiger partial charge in [0.25, 0.3) is 0 Å². The molecule has 0 saturated carbocycles. The molecule has 1 aliphatic rings. The van der Waals surface area contributed by atoms with Crippen molar-refractivity contribution >= 4 is 5.69 Å². The first kappa shape index (κ1) is 16.3. The Balaban J connectivity index is 1.78. The highest BCUT2D eigenvalue weighted by Gasteiger charge is 2.22. The number of benzene rings is 1. The number of para-hydroxylation sites is 1. The zero-order chi connectivity index (χ0) is 15.3. The number of hydrogen-bond acceptors (Lipinski definition) is 3. The lowest BCUT2D eigenvalue weighted by Crippen LogP contribution is -2.53. The summed E-state index contributed by atoms with van der Waals surface area (Å²) in [7, 11) is 0. The van der Waals surface area contributed by atoms with E-state index in [-0.39, 0.29) is 5.54 Å². The summed E-state index contributed by atoms with van der Waals surface area (Å²) in [5.74, 6) is 0. The zero-order valence-corrected chi connectivity index (χ0v) is 14.1. The van der Waals surface area contributed by atoms with Gasteiger partial charge in [-0.25, -0.2) is 0 Å². The Labute approximate surface area is 130 Å². The van der Waals surface area contributed by atoms with Crippen LogP contribution in [0.15, 0.2) is 30.3 Å². The van der Waals surface area contributed by atoms with Crippen LogP contribution in [0.25, 0.3) is 0 Å². The molecule has 21 heavy (non-hydrogen) atoms. The lowest BCUT2D eigenvalue weighted by Gasteiger charge is -2.40. The molecule has 1 unspecified atom stereocenters. The van der Waals surface area contributed by atoms with E-state index in [4.69, 9.17) is 0 Å². The van der Waals surface area contributed by atoms with Gasteiger partial charge in [-0.2, -0.15) is 0 Å². The second kappa shape index (κ2) is 7.28. The Morgan fingerprint density at radius 1 is 1.10 bits per heavy atom. The quantitative estimate of drug-likeness (QED) is 0.868. The van der Waals surface area contributed by atoms with E-state index in [1.54, 1.807) is 0 Å². The summed E-state index contributed by atoms with van der Waals surface area (Å²) in [6, 6.07) is 11.4. The molecule has 0 spiro atoms. The van der Waals surface area contributed by atoms with Gasteiger partial charge in [0.2, 0.25) is 0 Å². The van der Waals surface area contributed by atoms with Gasteiger partial charge in [-0.15, -0.1) is 0 Å². The molecule has 0 bridgehead atoms. The van der Waals surface area contributed by atoms with Gasteiger partial charge in [0.1, 0.15) is 0 Å². The Morgan fingerprint density at radius 3 is 2.29 bits per heavy atom. The van der Waals surface area contributed by atoms with Crippen molar-refractivity contribution in [2.24, 2.45) is 0 Å². The minimum atomic E-state index is 0.250. The molecule has 1 N–H and O–H groups in total. The number of hydrogen-bond donors (Lipinski definition) is 1. The highest BCUT2D eigenvalue weighted by atomic mass is 15.3. The summed E-state index contributed by atoms with van der Waals surface area (Å²) in [5, 5.41) is 3.69. The lowest BCUT2D eigenvalue weighted by atomic mass is 10.0. The van der Waals surface area contributed by atoms with Gasteiger partial charge in [-0.05, 0) is 39.3 Å². The van der Waals surface area contributed by atoms with Gasteiger partial charge < -0.3 is 10.2 Å². The normalized spacial score (nSPS) is 18.8. The maximum atomic E-state index is 3.69. The molecule has 0 amide bonds. The van der Waals surface area contributed by atoms with Crippen molar-refractivity contribution in [3.63, 3.8) is 0 Å². The van der Waals surface area contributed by atoms with E-state index in [1.165, 1.54) is 12.1 Å². The van der Waals surface area contributed by atoms with E-state index < -0.39 is 0 Å². The van der Waals surface area contributed by atoms with Crippen molar-refractivity contribution in [3.05, 3.63) is 30.3 Å². The minimum Gasteiger partial charge on any atom is -0.369 e. The summed E-state index contributed by atoms with van der Waals surface area (Å²) in [6.07, 6.45) is 1.17. The van der Waals surface area contributed by atoms with Crippen molar-refractivity contribution in [2.45, 2.75) is 45.7 Å². The fourth-order valence-corrected chi connectivity index (χ4v) is 2.74. The topological polar surface area (TPSA) is 18.5 Å². The first-order valence-electron chi connectivity index (χ1n) is 8.31. The molecule has 1 atom stereocenters. The van der Waals surface area contributed by atoms with Crippen LogP contribution < -0.4 is 10.2 Å². The van der Waals surface area contributed by atoms with Crippen molar-refractivity contribution in [2.75, 3.05) is 37.6 Å². The molecule has 0 radical (unpaired) electrons. The van der Waals surface area contributed by atoms with Crippen LogP contribution in [0.3, 0.4) is 0 Å². The number of anilines is 1. The predicted molar refractivity (Wildman–Crippen MR) is 92.1 cm³/mol. The van der Waals surface area contributed by atoms with Gasteiger partial charge >= 0.3 is 0 Å². The third kappa shape index (κ3) is 4.72. The zero-order valence-electron chi connectivity index (χ0n) is 14.1. The molecule has 1 aliphatic heterocycles. The van der Waals surface area contributed by atoms with Gasteiger partial charge in [0.05, 0.1) is 0 Å². The molecule has 0 aliphatic carbocycles. The summed E-state index contributed by atoms with van der Waals surface area (Å²) >= 11 is 0. The third-order valence-corrected chi connectivity index (χ3v) is 4.82. The maximum absolute atomic E-state index is 3.69. The predicted octanol–water partition coefficient (Wildman–Crippen LogP) is 2.98. The highest BCUT2D eigenvalue weighted by molar-refractivity contribution is 5.46. The molecular weight excluding hydrogens is 258 g/mol. The summed E-state index contributed by atoms with van der Waals surface area (Å²) < 4.78 is 0. The average Bonchev–Trinajstić information content (AvgIpc) is 2.54. The van der Waals surface area contributed by atoms with E-state index in [1.807, 2.05) is 0 Å². The lowest BCUT2D eigenvalue weighted by molar-refractivity contribution is 0.181. The maximum Gasteiger partial charge on any atom is 0.0367 e. The molecule has 1 saturated heterocycles. The molecule has 1 aromatic carbocycles. The monoisotopic (exact) mass is 289 g/mol. The summed E-state index contributed by atoms with van der Waals surface area (Å²) in [5.41, 5.74) is 1.61. The first-order chi connectivity index (χ1) is 10.0. The van der Waals surface area contributed by atoms with Crippen LogP contribution in [-0.2, 0) is 0 Å². The third-order valence-electron chi connectivity index (χ3n) is 4.82. The summed E-state index contributed by atoms with van der Waals surface area (Å²) in [4.78, 5) is 5.10. The molecular formula is C18H31N3. The van der Waals surface area contributed by atoms with Crippen LogP contribution in [0.2, 0.25) is 0 Å². The van der Waals surface area contributed by atoms with E-state index in [9.17, 15) is 0 Å². The van der Waals surface area contributed by atoms with Crippen LogP contribution in [-0.4, -0.2) is 49.2 Å². The molecule has 1 fully saturated rings. The smallest absolute Gasteiger partial charge is 0.0367 e. The van der Waals surface area contributed by atoms with E-state index in [2.05, 4.69) is 73.1 Å². The minimum absolute atomic E-state index is 0.250. The van der Waals surface area contributed by atoms with Crippen LogP contribution in [0.1, 0.15) is 34.1 Å². The van der Waals surface area contributed by atoms with Crippen molar-refractivity contribution < 1.29 is 0 Å². The van der Waals surface area contributed by atoms with Gasteiger partial charge in [0, 0.05) is 50.0 Å². The van der Waals surface area contributed by atoms with Gasteiger partial charge in [-0.1, -0.05) is 25.1 Å². The number of rotatable bonds is 6. The van der Waals surface area contributed by atoms with Gasteiger partial charge in [0.15, 0.2) is 0 Å². The molecule has 3 heteroatoms. The Kier molecular flexibility index (Phi) is 5.65. The SMILES string of the molecule is CCC(C)(C)NCC(C)N1CCN(c2ccccc2)CC1. The van der Waals surface area contributed by atoms with Crippen molar-refractivity contribution in [3.8, 4) is 0 Å². The van der Waals surface area contributed by atoms with Crippen LogP contribution in [0.5, 0.6) is 0 Å². The van der Waals surface area contributed by atoms with E-state index in [0.29, 0.717) is 6.04 Å². The van der Waals surface area contributed by atoms with Crippen LogP contribution >= 0.6 is 0 Å². The van der Waals surface area contributed by atoms with Gasteiger partial charge in [-0.3, -0.25) is 4.90 Å². The summed E-state index contributed by atoms with van der Waals surface area (Å²) in [6.45, 7) is 14.8. The highest BCUT2D eigenvalue weighted by Crippen LogP contribution is 2.16. The molecule has 3 nitrogen and oxygen atoms in total. The number of nitrogens with zero attached hydrogens (tertiary/aromatic N) is 2. The van der Waals surface area contributed by atoms with Crippen molar-refractivity contribution in [1.82, 2.24) is 10.2 Å². The van der Waals surface area contributed by atoms with E-state index >= 15 is 0 Å². The molecule has 1 heterocycles. The Bertz CT molecular complexity index is 408. The van der Waals surface area contributed by atoms with Crippen molar-refractivity contribution in [1.29, 1.82) is 0 Å². The first-order valence-corrected chi connectivity index (χ1v) is 8.31. The second-order valence-corrected chi connectivity index (χ2v) is 6.83.